The Hall–Kier alpha value is -3.25. The first-order valence-electron chi connectivity index (χ1n) is 8.67. The van der Waals surface area contributed by atoms with Crippen molar-refractivity contribution in [1.29, 1.82) is 0 Å². The summed E-state index contributed by atoms with van der Waals surface area (Å²) < 4.78 is 10.6. The molecule has 0 aromatic heterocycles. The Morgan fingerprint density at radius 1 is 0.929 bits per heavy atom. The molecule has 0 radical (unpaired) electrons. The van der Waals surface area contributed by atoms with Crippen molar-refractivity contribution in [3.05, 3.63) is 71.1 Å². The van der Waals surface area contributed by atoms with Crippen molar-refractivity contribution in [3.63, 3.8) is 0 Å². The van der Waals surface area contributed by atoms with Crippen LogP contribution in [0.5, 0.6) is 11.5 Å². The maximum atomic E-state index is 12.4. The van der Waals surface area contributed by atoms with Gasteiger partial charge in [0, 0.05) is 5.39 Å². The lowest BCUT2D eigenvalue weighted by molar-refractivity contribution is -0.115. The molecular weight excluding hydrogens is 372 g/mol. The number of nitrogens with zero attached hydrogens (tertiary/aromatic N) is 1. The molecule has 0 atom stereocenters. The number of benzene rings is 3. The van der Waals surface area contributed by atoms with Crippen LogP contribution in [-0.2, 0) is 4.79 Å². The lowest BCUT2D eigenvalue weighted by Gasteiger charge is -2.08. The van der Waals surface area contributed by atoms with Gasteiger partial charge in [0.25, 0.3) is 5.91 Å². The Morgan fingerprint density at radius 2 is 1.68 bits per heavy atom. The van der Waals surface area contributed by atoms with Crippen molar-refractivity contribution in [2.45, 2.75) is 0 Å². The highest BCUT2D eigenvalue weighted by molar-refractivity contribution is 8.18. The largest absolute Gasteiger partial charge is 0.497 e. The smallest absolute Gasteiger partial charge is 0.264 e. The zero-order valence-electron chi connectivity index (χ0n) is 15.4. The Labute approximate surface area is 167 Å². The molecule has 1 N–H and O–H groups in total. The highest BCUT2D eigenvalue weighted by Gasteiger charge is 2.24. The highest BCUT2D eigenvalue weighted by Crippen LogP contribution is 2.33. The van der Waals surface area contributed by atoms with E-state index >= 15 is 0 Å². The van der Waals surface area contributed by atoms with Crippen LogP contribution in [0.3, 0.4) is 0 Å². The molecule has 1 aliphatic rings. The topological polar surface area (TPSA) is 59.9 Å². The lowest BCUT2D eigenvalue weighted by atomic mass is 10.0. The molecule has 3 aromatic carbocycles. The van der Waals surface area contributed by atoms with Crippen LogP contribution in [0.15, 0.2) is 70.6 Å². The summed E-state index contributed by atoms with van der Waals surface area (Å²) in [5.74, 6) is 1.42. The standard InChI is InChI=1S/C22H18N2O3S/c1-26-16-10-8-15(9-11-16)23-22-24-21(25)20(28-22)13-14-7-12-19(27-2)18-6-4-3-5-17(14)18/h3-13H,1-2H3,(H,23,24,25)/b20-13+. The Morgan fingerprint density at radius 3 is 2.39 bits per heavy atom. The fraction of sp³-hybridized carbons (Fsp3) is 0.0909. The van der Waals surface area contributed by atoms with Gasteiger partial charge in [0.15, 0.2) is 5.17 Å². The molecule has 4 rings (SSSR count). The first-order chi connectivity index (χ1) is 13.7. The van der Waals surface area contributed by atoms with Crippen molar-refractivity contribution in [1.82, 2.24) is 5.32 Å². The van der Waals surface area contributed by atoms with Gasteiger partial charge in [-0.3, -0.25) is 4.79 Å². The van der Waals surface area contributed by atoms with E-state index in [0.717, 1.165) is 33.5 Å². The number of ether oxygens (including phenoxy) is 2. The molecule has 1 fully saturated rings. The minimum Gasteiger partial charge on any atom is -0.497 e. The molecular formula is C22H18N2O3S. The van der Waals surface area contributed by atoms with E-state index in [4.69, 9.17) is 9.47 Å². The van der Waals surface area contributed by atoms with Crippen LogP contribution in [0, 0.1) is 0 Å². The SMILES string of the molecule is COc1ccc(N=C2NC(=O)/C(=C\c3ccc(OC)c4ccccc34)S2)cc1. The molecule has 1 aliphatic heterocycles. The second kappa shape index (κ2) is 7.78. The van der Waals surface area contributed by atoms with Gasteiger partial charge in [-0.25, -0.2) is 4.99 Å². The third kappa shape index (κ3) is 3.59. The number of carbonyl (C=O) groups is 1. The third-order valence-corrected chi connectivity index (χ3v) is 5.29. The van der Waals surface area contributed by atoms with Crippen LogP contribution >= 0.6 is 11.8 Å². The first kappa shape index (κ1) is 18.1. The molecule has 0 saturated carbocycles. The average molecular weight is 390 g/mol. The summed E-state index contributed by atoms with van der Waals surface area (Å²) in [6, 6.07) is 19.2. The summed E-state index contributed by atoms with van der Waals surface area (Å²) in [5, 5.41) is 5.42. The number of nitrogens with one attached hydrogen (secondary N) is 1. The Kier molecular flexibility index (Phi) is 5.04. The van der Waals surface area contributed by atoms with Gasteiger partial charge in [-0.15, -0.1) is 0 Å². The van der Waals surface area contributed by atoms with Gasteiger partial charge in [-0.05, 0) is 59.1 Å². The number of fused-ring (bicyclic) bond motifs is 1. The normalized spacial score (nSPS) is 16.6. The number of amidine groups is 1. The molecule has 1 heterocycles. The number of aliphatic imine (C=N–C) groups is 1. The number of hydrogen-bond acceptors (Lipinski definition) is 5. The van der Waals surface area contributed by atoms with Crippen molar-refractivity contribution >= 4 is 45.4 Å². The van der Waals surface area contributed by atoms with E-state index in [2.05, 4.69) is 10.3 Å². The van der Waals surface area contributed by atoms with E-state index in [9.17, 15) is 4.79 Å². The summed E-state index contributed by atoms with van der Waals surface area (Å²) >= 11 is 1.32. The molecule has 6 heteroatoms. The van der Waals surface area contributed by atoms with Gasteiger partial charge >= 0.3 is 0 Å². The minimum absolute atomic E-state index is 0.155. The van der Waals surface area contributed by atoms with E-state index < -0.39 is 0 Å². The van der Waals surface area contributed by atoms with E-state index in [-0.39, 0.29) is 5.91 Å². The van der Waals surface area contributed by atoms with Gasteiger partial charge in [-0.1, -0.05) is 30.3 Å². The summed E-state index contributed by atoms with van der Waals surface area (Å²) in [6.07, 6.45) is 1.89. The number of amides is 1. The average Bonchev–Trinajstić information content (AvgIpc) is 3.07. The second-order valence-corrected chi connectivity index (χ2v) is 7.11. The molecule has 3 aromatic rings. The zero-order valence-corrected chi connectivity index (χ0v) is 16.2. The number of rotatable bonds is 4. The molecule has 140 valence electrons. The monoisotopic (exact) mass is 390 g/mol. The maximum absolute atomic E-state index is 12.4. The van der Waals surface area contributed by atoms with Gasteiger partial charge in [-0.2, -0.15) is 0 Å². The predicted molar refractivity (Wildman–Crippen MR) is 114 cm³/mol. The second-order valence-electron chi connectivity index (χ2n) is 6.08. The van der Waals surface area contributed by atoms with Crippen LogP contribution in [0.1, 0.15) is 5.56 Å². The van der Waals surface area contributed by atoms with Crippen molar-refractivity contribution < 1.29 is 14.3 Å². The van der Waals surface area contributed by atoms with Gasteiger partial charge in [0.05, 0.1) is 24.8 Å². The molecule has 0 spiro atoms. The minimum atomic E-state index is -0.155. The van der Waals surface area contributed by atoms with Crippen LogP contribution in [0.25, 0.3) is 16.8 Å². The maximum Gasteiger partial charge on any atom is 0.264 e. The third-order valence-electron chi connectivity index (χ3n) is 4.38. The number of thioether (sulfide) groups is 1. The molecule has 28 heavy (non-hydrogen) atoms. The number of methoxy groups -OCH3 is 2. The fourth-order valence-electron chi connectivity index (χ4n) is 2.99. The van der Waals surface area contributed by atoms with Gasteiger partial charge in [0.1, 0.15) is 11.5 Å². The van der Waals surface area contributed by atoms with E-state index in [1.165, 1.54) is 11.8 Å². The Balaban J connectivity index is 1.65. The summed E-state index contributed by atoms with van der Waals surface area (Å²) in [7, 11) is 3.27. The summed E-state index contributed by atoms with van der Waals surface area (Å²) in [4.78, 5) is 17.5. The molecule has 1 amide bonds. The Bertz CT molecular complexity index is 1100. The predicted octanol–water partition coefficient (Wildman–Crippen LogP) is 4.75. The van der Waals surface area contributed by atoms with Crippen LogP contribution in [0.4, 0.5) is 5.69 Å². The van der Waals surface area contributed by atoms with E-state index in [0.29, 0.717) is 10.1 Å². The van der Waals surface area contributed by atoms with Crippen LogP contribution in [0.2, 0.25) is 0 Å². The fourth-order valence-corrected chi connectivity index (χ4v) is 3.83. The van der Waals surface area contributed by atoms with Crippen molar-refractivity contribution in [2.75, 3.05) is 14.2 Å². The molecule has 5 nitrogen and oxygen atoms in total. The quantitative estimate of drug-likeness (QED) is 0.653. The van der Waals surface area contributed by atoms with Crippen molar-refractivity contribution in [2.24, 2.45) is 4.99 Å². The highest BCUT2D eigenvalue weighted by atomic mass is 32.2. The van der Waals surface area contributed by atoms with Crippen LogP contribution in [-0.4, -0.2) is 25.3 Å². The summed E-state index contributed by atoms with van der Waals surface area (Å²) in [5.41, 5.74) is 1.71. The summed E-state index contributed by atoms with van der Waals surface area (Å²) in [6.45, 7) is 0. The number of hydrogen-bond donors (Lipinski definition) is 1. The molecule has 0 unspecified atom stereocenters. The van der Waals surface area contributed by atoms with Crippen LogP contribution < -0.4 is 14.8 Å². The number of carbonyl (C=O) groups excluding carboxylic acids is 1. The molecule has 0 bridgehead atoms. The zero-order chi connectivity index (χ0) is 19.5. The van der Waals surface area contributed by atoms with Gasteiger partial charge < -0.3 is 14.8 Å². The molecule has 1 saturated heterocycles. The van der Waals surface area contributed by atoms with E-state index in [1.807, 2.05) is 66.7 Å². The van der Waals surface area contributed by atoms with E-state index in [1.54, 1.807) is 14.2 Å². The molecule has 0 aliphatic carbocycles. The van der Waals surface area contributed by atoms with Gasteiger partial charge in [0.2, 0.25) is 0 Å². The lowest BCUT2D eigenvalue weighted by Crippen LogP contribution is -2.19. The van der Waals surface area contributed by atoms with Crippen molar-refractivity contribution in [3.8, 4) is 11.5 Å². The first-order valence-corrected chi connectivity index (χ1v) is 9.49.